The number of hydrogen-bond donors (Lipinski definition) is 0. The van der Waals surface area contributed by atoms with Crippen LogP contribution in [-0.2, 0) is 5.88 Å². The molecule has 70 valence electrons. The molecule has 0 bridgehead atoms. The van der Waals surface area contributed by atoms with Gasteiger partial charge in [-0.25, -0.2) is 0 Å². The van der Waals surface area contributed by atoms with E-state index in [1.807, 2.05) is 12.1 Å². The maximum Gasteiger partial charge on any atom is 0.110 e. The molecule has 1 nitrogen and oxygen atoms in total. The van der Waals surface area contributed by atoms with Crippen LogP contribution in [-0.4, -0.2) is 0 Å². The lowest BCUT2D eigenvalue weighted by Gasteiger charge is -1.97. The van der Waals surface area contributed by atoms with Crippen LogP contribution in [0.4, 0.5) is 0 Å². The Balaban J connectivity index is 2.75. The highest BCUT2D eigenvalue weighted by Gasteiger charge is 2.06. The van der Waals surface area contributed by atoms with Gasteiger partial charge in [0, 0.05) is 21.0 Å². The lowest BCUT2D eigenvalue weighted by atomic mass is 10.2. The van der Waals surface area contributed by atoms with Crippen molar-refractivity contribution in [2.24, 2.45) is 0 Å². The van der Waals surface area contributed by atoms with E-state index < -0.39 is 0 Å². The monoisotopic (exact) mass is 241 g/mol. The number of alkyl halides is 1. The zero-order valence-electron chi connectivity index (χ0n) is 7.05. The first kappa shape index (κ1) is 9.79. The molecule has 0 aliphatic rings. The van der Waals surface area contributed by atoms with Crippen molar-refractivity contribution in [1.82, 2.24) is 0 Å². The predicted molar refractivity (Wildman–Crippen MR) is 61.1 cm³/mol. The number of nitrogens with zero attached hydrogens (tertiary/aromatic N) is 1. The molecule has 1 aromatic heterocycles. The van der Waals surface area contributed by atoms with Crippen LogP contribution in [0.1, 0.15) is 10.4 Å². The first-order chi connectivity index (χ1) is 6.74. The zero-order valence-corrected chi connectivity index (χ0v) is 9.38. The largest absolute Gasteiger partial charge is 0.192 e. The number of thiophene rings is 1. The highest BCUT2D eigenvalue weighted by molar-refractivity contribution is 7.19. The fraction of sp³-hybridized carbons (Fsp3) is 0.100. The van der Waals surface area contributed by atoms with Crippen molar-refractivity contribution in [1.29, 1.82) is 5.26 Å². The molecule has 0 amide bonds. The van der Waals surface area contributed by atoms with Gasteiger partial charge in [-0.3, -0.25) is 0 Å². The summed E-state index contributed by atoms with van der Waals surface area (Å²) in [6, 6.07) is 7.72. The number of halogens is 2. The molecule has 0 atom stereocenters. The van der Waals surface area contributed by atoms with Gasteiger partial charge in [-0.1, -0.05) is 11.6 Å². The first-order valence-corrected chi connectivity index (χ1v) is 5.65. The van der Waals surface area contributed by atoms with Gasteiger partial charge in [-0.05, 0) is 23.8 Å². The normalized spacial score (nSPS) is 10.4. The maximum absolute atomic E-state index is 8.75. The molecular weight excluding hydrogens is 237 g/mol. The van der Waals surface area contributed by atoms with Crippen molar-refractivity contribution in [3.63, 3.8) is 0 Å². The van der Waals surface area contributed by atoms with Crippen LogP contribution in [0.2, 0.25) is 5.02 Å². The van der Waals surface area contributed by atoms with E-state index in [2.05, 4.69) is 6.07 Å². The van der Waals surface area contributed by atoms with Crippen LogP contribution >= 0.6 is 34.5 Å². The van der Waals surface area contributed by atoms with Crippen molar-refractivity contribution in [3.05, 3.63) is 33.7 Å². The van der Waals surface area contributed by atoms with E-state index in [9.17, 15) is 0 Å². The Hall–Kier alpha value is -0.750. The molecule has 2 aromatic rings. The van der Waals surface area contributed by atoms with Gasteiger partial charge in [0.05, 0.1) is 0 Å². The van der Waals surface area contributed by atoms with Crippen LogP contribution in [0.5, 0.6) is 0 Å². The molecular formula is C10H5Cl2NS. The highest BCUT2D eigenvalue weighted by atomic mass is 35.5. The van der Waals surface area contributed by atoms with Gasteiger partial charge in [0.15, 0.2) is 0 Å². The topological polar surface area (TPSA) is 23.8 Å². The SMILES string of the molecule is N#Cc1cc2c(Cl)cc(CCl)cc2s1. The van der Waals surface area contributed by atoms with Crippen molar-refractivity contribution in [2.75, 3.05) is 0 Å². The second kappa shape index (κ2) is 3.78. The third-order valence-electron chi connectivity index (χ3n) is 1.91. The zero-order chi connectivity index (χ0) is 10.1. The van der Waals surface area contributed by atoms with Gasteiger partial charge in [0.2, 0.25) is 0 Å². The molecule has 0 radical (unpaired) electrons. The Bertz CT molecular complexity index is 525. The van der Waals surface area contributed by atoms with Crippen LogP contribution in [0.3, 0.4) is 0 Å². The van der Waals surface area contributed by atoms with Crippen LogP contribution in [0, 0.1) is 11.3 Å². The number of nitriles is 1. The van der Waals surface area contributed by atoms with E-state index in [1.54, 1.807) is 6.07 Å². The van der Waals surface area contributed by atoms with Crippen LogP contribution in [0.25, 0.3) is 10.1 Å². The van der Waals surface area contributed by atoms with E-state index in [0.29, 0.717) is 15.8 Å². The third kappa shape index (κ3) is 1.59. The molecule has 0 aliphatic carbocycles. The lowest BCUT2D eigenvalue weighted by molar-refractivity contribution is 1.43. The molecule has 1 aromatic carbocycles. The summed E-state index contributed by atoms with van der Waals surface area (Å²) in [5, 5.41) is 10.3. The summed E-state index contributed by atoms with van der Waals surface area (Å²) >= 11 is 13.2. The fourth-order valence-corrected chi connectivity index (χ4v) is 2.74. The second-order valence-corrected chi connectivity index (χ2v) is 4.60. The van der Waals surface area contributed by atoms with Crippen LogP contribution in [0.15, 0.2) is 18.2 Å². The van der Waals surface area contributed by atoms with E-state index in [-0.39, 0.29) is 0 Å². The summed E-state index contributed by atoms with van der Waals surface area (Å²) in [6.07, 6.45) is 0. The summed E-state index contributed by atoms with van der Waals surface area (Å²) in [5.41, 5.74) is 0.982. The molecule has 0 spiro atoms. The van der Waals surface area contributed by atoms with Crippen molar-refractivity contribution in [3.8, 4) is 6.07 Å². The summed E-state index contributed by atoms with van der Waals surface area (Å²) in [4.78, 5) is 0.675. The van der Waals surface area contributed by atoms with Crippen molar-refractivity contribution >= 4 is 44.6 Å². The third-order valence-corrected chi connectivity index (χ3v) is 3.52. The Morgan fingerprint density at radius 3 is 2.79 bits per heavy atom. The predicted octanol–water partition coefficient (Wildman–Crippen LogP) is 4.17. The highest BCUT2D eigenvalue weighted by Crippen LogP contribution is 2.32. The van der Waals surface area contributed by atoms with E-state index in [1.165, 1.54) is 11.3 Å². The lowest BCUT2D eigenvalue weighted by Crippen LogP contribution is -1.76. The minimum atomic E-state index is 0.440. The second-order valence-electron chi connectivity index (χ2n) is 2.85. The van der Waals surface area contributed by atoms with Gasteiger partial charge >= 0.3 is 0 Å². The number of benzene rings is 1. The van der Waals surface area contributed by atoms with Crippen molar-refractivity contribution in [2.45, 2.75) is 5.88 Å². The molecule has 0 saturated carbocycles. The molecule has 14 heavy (non-hydrogen) atoms. The van der Waals surface area contributed by atoms with Gasteiger partial charge in [-0.15, -0.1) is 22.9 Å². The van der Waals surface area contributed by atoms with Gasteiger partial charge < -0.3 is 0 Å². The van der Waals surface area contributed by atoms with E-state index in [0.717, 1.165) is 15.6 Å². The molecule has 4 heteroatoms. The quantitative estimate of drug-likeness (QED) is 0.688. The summed E-state index contributed by atoms with van der Waals surface area (Å²) in [7, 11) is 0. The molecule has 1 heterocycles. The standard InChI is InChI=1S/C10H5Cl2NS/c11-4-6-1-9(12)8-3-7(5-13)14-10(8)2-6/h1-3H,4H2. The Kier molecular flexibility index (Phi) is 2.64. The fourth-order valence-electron chi connectivity index (χ4n) is 1.28. The Morgan fingerprint density at radius 1 is 1.36 bits per heavy atom. The van der Waals surface area contributed by atoms with Gasteiger partial charge in [-0.2, -0.15) is 5.26 Å². The summed E-state index contributed by atoms with van der Waals surface area (Å²) in [5.74, 6) is 0.440. The molecule has 2 rings (SSSR count). The van der Waals surface area contributed by atoms with Gasteiger partial charge in [0.25, 0.3) is 0 Å². The van der Waals surface area contributed by atoms with E-state index >= 15 is 0 Å². The summed E-state index contributed by atoms with van der Waals surface area (Å²) in [6.45, 7) is 0. The molecule has 0 fully saturated rings. The van der Waals surface area contributed by atoms with Crippen molar-refractivity contribution < 1.29 is 0 Å². The maximum atomic E-state index is 8.75. The Morgan fingerprint density at radius 2 is 2.14 bits per heavy atom. The first-order valence-electron chi connectivity index (χ1n) is 3.92. The van der Waals surface area contributed by atoms with Crippen LogP contribution < -0.4 is 0 Å². The average Bonchev–Trinajstić information content (AvgIpc) is 2.61. The smallest absolute Gasteiger partial charge is 0.110 e. The Labute approximate surface area is 95.5 Å². The minimum Gasteiger partial charge on any atom is -0.192 e. The molecule has 0 saturated heterocycles. The number of fused-ring (bicyclic) bond motifs is 1. The van der Waals surface area contributed by atoms with Gasteiger partial charge in [0.1, 0.15) is 10.9 Å². The number of hydrogen-bond acceptors (Lipinski definition) is 2. The average molecular weight is 242 g/mol. The molecule has 0 unspecified atom stereocenters. The minimum absolute atomic E-state index is 0.440. The number of rotatable bonds is 1. The molecule has 0 aliphatic heterocycles. The molecule has 0 N–H and O–H groups in total. The summed E-state index contributed by atoms with van der Waals surface area (Å²) < 4.78 is 1.02. The van der Waals surface area contributed by atoms with E-state index in [4.69, 9.17) is 28.5 Å².